The maximum Gasteiger partial charge on any atom is 0.232 e. The van der Waals surface area contributed by atoms with E-state index in [1.807, 2.05) is 54.6 Å². The number of nitrogens with zero attached hydrogens (tertiary/aromatic N) is 3. The number of aliphatic hydroxyl groups is 1. The fourth-order valence-electron chi connectivity index (χ4n) is 1.92. The van der Waals surface area contributed by atoms with E-state index >= 15 is 0 Å². The second kappa shape index (κ2) is 6.71. The number of hydrogen-bond donors (Lipinski definition) is 3. The predicted octanol–water partition coefficient (Wildman–Crippen LogP) is 2.48. The largest absolute Gasteiger partial charge is 0.457 e. The van der Waals surface area contributed by atoms with Crippen LogP contribution in [-0.2, 0) is 6.61 Å². The second-order valence-corrected chi connectivity index (χ2v) is 4.66. The topological polar surface area (TPSA) is 106 Å². The molecular weight excluding hydrogens is 294 g/mol. The molecule has 1 aromatic heterocycles. The third-order valence-electron chi connectivity index (χ3n) is 2.93. The number of rotatable bonds is 5. The van der Waals surface area contributed by atoms with Gasteiger partial charge in [0.25, 0.3) is 0 Å². The zero-order valence-corrected chi connectivity index (χ0v) is 12.2. The number of aliphatic hydroxyl groups excluding tert-OH is 1. The molecule has 7 heteroatoms. The van der Waals surface area contributed by atoms with E-state index in [1.54, 1.807) is 0 Å². The van der Waals surface area contributed by atoms with Crippen LogP contribution in [0, 0.1) is 0 Å². The number of hydrogen-bond acceptors (Lipinski definition) is 7. The van der Waals surface area contributed by atoms with Crippen LogP contribution in [0.25, 0.3) is 0 Å². The summed E-state index contributed by atoms with van der Waals surface area (Å²) in [6.45, 7) is -0.300. The summed E-state index contributed by atoms with van der Waals surface area (Å²) in [5.41, 5.74) is 6.33. The van der Waals surface area contributed by atoms with Gasteiger partial charge in [-0.15, -0.1) is 0 Å². The van der Waals surface area contributed by atoms with E-state index in [0.717, 1.165) is 11.4 Å². The Kier molecular flexibility index (Phi) is 4.30. The molecule has 0 fully saturated rings. The lowest BCUT2D eigenvalue weighted by atomic mass is 10.3. The van der Waals surface area contributed by atoms with Crippen LogP contribution in [0.4, 0.5) is 17.6 Å². The molecule has 0 atom stereocenters. The van der Waals surface area contributed by atoms with Gasteiger partial charge in [0.1, 0.15) is 18.1 Å². The molecule has 0 bridgehead atoms. The minimum absolute atomic E-state index is 0.0515. The van der Waals surface area contributed by atoms with Gasteiger partial charge in [0, 0.05) is 5.69 Å². The molecule has 0 aliphatic heterocycles. The highest BCUT2D eigenvalue weighted by molar-refractivity contribution is 5.55. The molecule has 3 rings (SSSR count). The van der Waals surface area contributed by atoms with Gasteiger partial charge < -0.3 is 20.9 Å². The first-order chi connectivity index (χ1) is 11.2. The summed E-state index contributed by atoms with van der Waals surface area (Å²) in [5.74, 6) is 2.02. The highest BCUT2D eigenvalue weighted by Crippen LogP contribution is 2.23. The highest BCUT2D eigenvalue weighted by atomic mass is 16.5. The molecule has 116 valence electrons. The Labute approximate surface area is 132 Å². The van der Waals surface area contributed by atoms with Gasteiger partial charge in [-0.2, -0.15) is 15.0 Å². The van der Waals surface area contributed by atoms with Gasteiger partial charge in [0.15, 0.2) is 5.82 Å². The molecule has 0 spiro atoms. The lowest BCUT2D eigenvalue weighted by Crippen LogP contribution is -2.07. The molecule has 0 aliphatic rings. The number of ether oxygens (including phenoxy) is 1. The summed E-state index contributed by atoms with van der Waals surface area (Å²) in [4.78, 5) is 11.8. The lowest BCUT2D eigenvalue weighted by molar-refractivity contribution is 0.271. The van der Waals surface area contributed by atoms with E-state index in [2.05, 4.69) is 20.3 Å². The molecule has 23 heavy (non-hydrogen) atoms. The van der Waals surface area contributed by atoms with Gasteiger partial charge in [-0.1, -0.05) is 18.2 Å². The summed E-state index contributed by atoms with van der Waals surface area (Å²) >= 11 is 0. The van der Waals surface area contributed by atoms with E-state index < -0.39 is 0 Å². The zero-order valence-electron chi connectivity index (χ0n) is 12.2. The van der Waals surface area contributed by atoms with Gasteiger partial charge in [-0.05, 0) is 36.4 Å². The van der Waals surface area contributed by atoms with Crippen molar-refractivity contribution in [1.82, 2.24) is 15.0 Å². The van der Waals surface area contributed by atoms with Crippen molar-refractivity contribution >= 4 is 17.6 Å². The van der Waals surface area contributed by atoms with E-state index in [9.17, 15) is 0 Å². The number of nitrogens with two attached hydrogens (primary N) is 1. The minimum atomic E-state index is -0.300. The standard InChI is InChI=1S/C16H15N5O2/c17-15-19-14(10-22)20-16(21-15)18-11-6-8-13(9-7-11)23-12-4-2-1-3-5-12/h1-9,22H,10H2,(H3,17,18,19,20,21). The van der Waals surface area contributed by atoms with Crippen LogP contribution in [-0.4, -0.2) is 20.1 Å². The van der Waals surface area contributed by atoms with Gasteiger partial charge in [-0.3, -0.25) is 0 Å². The van der Waals surface area contributed by atoms with Gasteiger partial charge >= 0.3 is 0 Å². The van der Waals surface area contributed by atoms with Crippen molar-refractivity contribution in [3.05, 3.63) is 60.4 Å². The minimum Gasteiger partial charge on any atom is -0.457 e. The Morgan fingerprint density at radius 3 is 2.30 bits per heavy atom. The van der Waals surface area contributed by atoms with E-state index in [1.165, 1.54) is 0 Å². The van der Waals surface area contributed by atoms with Crippen LogP contribution < -0.4 is 15.8 Å². The summed E-state index contributed by atoms with van der Waals surface area (Å²) in [5, 5.41) is 12.1. The molecule has 3 aromatic rings. The number of anilines is 3. The maximum atomic E-state index is 9.08. The number of nitrogens with one attached hydrogen (secondary N) is 1. The molecule has 0 aliphatic carbocycles. The van der Waals surface area contributed by atoms with Crippen LogP contribution in [0.3, 0.4) is 0 Å². The summed E-state index contributed by atoms with van der Waals surface area (Å²) in [6.07, 6.45) is 0. The molecule has 0 radical (unpaired) electrons. The van der Waals surface area contributed by atoms with Gasteiger partial charge in [0.2, 0.25) is 11.9 Å². The molecule has 4 N–H and O–H groups in total. The van der Waals surface area contributed by atoms with E-state index in [4.69, 9.17) is 15.6 Å². The molecule has 1 heterocycles. The number of para-hydroxylation sites is 1. The fourth-order valence-corrected chi connectivity index (χ4v) is 1.92. The smallest absolute Gasteiger partial charge is 0.232 e. The van der Waals surface area contributed by atoms with Crippen molar-refractivity contribution in [1.29, 1.82) is 0 Å². The Morgan fingerprint density at radius 2 is 1.61 bits per heavy atom. The summed E-state index contributed by atoms with van der Waals surface area (Å²) in [6, 6.07) is 16.8. The Hall–Kier alpha value is -3.19. The fraction of sp³-hybridized carbons (Fsp3) is 0.0625. The Bertz CT molecular complexity index is 778. The van der Waals surface area contributed by atoms with Crippen LogP contribution in [0.15, 0.2) is 54.6 Å². The predicted molar refractivity (Wildman–Crippen MR) is 86.4 cm³/mol. The quantitative estimate of drug-likeness (QED) is 0.664. The first-order valence-electron chi connectivity index (χ1n) is 6.94. The SMILES string of the molecule is Nc1nc(CO)nc(Nc2ccc(Oc3ccccc3)cc2)n1. The third-order valence-corrected chi connectivity index (χ3v) is 2.93. The average Bonchev–Trinajstić information content (AvgIpc) is 2.57. The Balaban J connectivity index is 1.71. The molecule has 0 saturated heterocycles. The molecule has 7 nitrogen and oxygen atoms in total. The van der Waals surface area contributed by atoms with Crippen LogP contribution >= 0.6 is 0 Å². The van der Waals surface area contributed by atoms with Crippen molar-refractivity contribution in [2.75, 3.05) is 11.1 Å². The van der Waals surface area contributed by atoms with E-state index in [-0.39, 0.29) is 24.3 Å². The van der Waals surface area contributed by atoms with Crippen LogP contribution in [0.1, 0.15) is 5.82 Å². The second-order valence-electron chi connectivity index (χ2n) is 4.66. The maximum absolute atomic E-state index is 9.08. The van der Waals surface area contributed by atoms with Crippen molar-refractivity contribution in [3.63, 3.8) is 0 Å². The molecule has 2 aromatic carbocycles. The Morgan fingerprint density at radius 1 is 0.913 bits per heavy atom. The van der Waals surface area contributed by atoms with Crippen LogP contribution in [0.2, 0.25) is 0 Å². The van der Waals surface area contributed by atoms with Crippen molar-refractivity contribution < 1.29 is 9.84 Å². The first-order valence-corrected chi connectivity index (χ1v) is 6.94. The summed E-state index contributed by atoms with van der Waals surface area (Å²) in [7, 11) is 0. The first kappa shape index (κ1) is 14.7. The molecular formula is C16H15N5O2. The van der Waals surface area contributed by atoms with Gasteiger partial charge in [0.05, 0.1) is 0 Å². The molecule has 0 saturated carbocycles. The normalized spacial score (nSPS) is 10.3. The van der Waals surface area contributed by atoms with Crippen LogP contribution in [0.5, 0.6) is 11.5 Å². The molecule has 0 amide bonds. The number of benzene rings is 2. The number of aromatic nitrogens is 3. The number of nitrogen functional groups attached to an aromatic ring is 1. The summed E-state index contributed by atoms with van der Waals surface area (Å²) < 4.78 is 5.72. The van der Waals surface area contributed by atoms with E-state index in [0.29, 0.717) is 5.75 Å². The van der Waals surface area contributed by atoms with Crippen molar-refractivity contribution in [3.8, 4) is 11.5 Å². The monoisotopic (exact) mass is 309 g/mol. The highest BCUT2D eigenvalue weighted by Gasteiger charge is 2.04. The van der Waals surface area contributed by atoms with Crippen molar-refractivity contribution in [2.24, 2.45) is 0 Å². The lowest BCUT2D eigenvalue weighted by Gasteiger charge is -2.08. The van der Waals surface area contributed by atoms with Crippen molar-refractivity contribution in [2.45, 2.75) is 6.61 Å². The molecule has 0 unspecified atom stereocenters. The zero-order chi connectivity index (χ0) is 16.1. The average molecular weight is 309 g/mol. The third kappa shape index (κ3) is 3.92. The van der Waals surface area contributed by atoms with Gasteiger partial charge in [-0.25, -0.2) is 0 Å².